The number of halogens is 1. The van der Waals surface area contributed by atoms with Crippen molar-refractivity contribution >= 4 is 28.5 Å². The molecule has 0 N–H and O–H groups in total. The second-order valence-corrected chi connectivity index (χ2v) is 5.07. The molecule has 0 heterocycles. The number of amides is 1. The maximum atomic E-state index is 12.4. The van der Waals surface area contributed by atoms with Crippen molar-refractivity contribution in [3.05, 3.63) is 21.3 Å². The molecule has 0 aliphatic heterocycles. The summed E-state index contributed by atoms with van der Waals surface area (Å²) in [6.07, 6.45) is 0. The van der Waals surface area contributed by atoms with Crippen LogP contribution in [-0.2, 0) is 4.74 Å². The van der Waals surface area contributed by atoms with Gasteiger partial charge in [-0.25, -0.2) is 0 Å². The maximum Gasteiger partial charge on any atom is 0.255 e. The Morgan fingerprint density at radius 2 is 1.90 bits per heavy atom. The first-order chi connectivity index (χ1) is 9.60. The van der Waals surface area contributed by atoms with E-state index in [1.807, 2.05) is 13.8 Å². The number of carbonyl (C=O) groups is 1. The highest BCUT2D eigenvalue weighted by atomic mass is 127. The first-order valence-corrected chi connectivity index (χ1v) is 7.45. The van der Waals surface area contributed by atoms with E-state index in [2.05, 4.69) is 22.6 Å². The van der Waals surface area contributed by atoms with E-state index in [0.29, 0.717) is 30.2 Å². The number of rotatable bonds is 7. The minimum atomic E-state index is -0.00371. The Bertz CT molecular complexity index is 461. The monoisotopic (exact) mass is 393 g/mol. The van der Waals surface area contributed by atoms with Crippen molar-refractivity contribution in [1.82, 2.24) is 4.90 Å². The molecule has 1 aromatic rings. The third kappa shape index (κ3) is 3.76. The molecule has 5 nitrogen and oxygen atoms in total. The largest absolute Gasteiger partial charge is 0.492 e. The van der Waals surface area contributed by atoms with Gasteiger partial charge >= 0.3 is 0 Å². The molecule has 1 rings (SSSR count). The van der Waals surface area contributed by atoms with Crippen LogP contribution in [0.15, 0.2) is 12.1 Å². The van der Waals surface area contributed by atoms with Crippen LogP contribution in [0.1, 0.15) is 24.2 Å². The van der Waals surface area contributed by atoms with Gasteiger partial charge in [0.1, 0.15) is 0 Å². The van der Waals surface area contributed by atoms with Crippen LogP contribution in [0, 0.1) is 3.57 Å². The Morgan fingerprint density at radius 3 is 2.40 bits per heavy atom. The van der Waals surface area contributed by atoms with Gasteiger partial charge in [-0.3, -0.25) is 4.79 Å². The fraction of sp³-hybridized carbons (Fsp3) is 0.500. The molecule has 20 heavy (non-hydrogen) atoms. The summed E-state index contributed by atoms with van der Waals surface area (Å²) >= 11 is 2.11. The topological polar surface area (TPSA) is 48.0 Å². The number of nitrogens with zero attached hydrogens (tertiary/aromatic N) is 1. The van der Waals surface area contributed by atoms with Crippen LogP contribution in [0.3, 0.4) is 0 Å². The molecule has 6 heteroatoms. The molecule has 0 radical (unpaired) electrons. The molecule has 0 saturated heterocycles. The normalized spacial score (nSPS) is 10.2. The highest BCUT2D eigenvalue weighted by molar-refractivity contribution is 14.1. The van der Waals surface area contributed by atoms with Crippen molar-refractivity contribution in [3.63, 3.8) is 0 Å². The molecule has 0 aliphatic rings. The van der Waals surface area contributed by atoms with Crippen molar-refractivity contribution in [2.45, 2.75) is 13.8 Å². The van der Waals surface area contributed by atoms with Crippen LogP contribution in [0.5, 0.6) is 11.5 Å². The quantitative estimate of drug-likeness (QED) is 0.528. The molecule has 112 valence electrons. The second-order valence-electron chi connectivity index (χ2n) is 3.99. The summed E-state index contributed by atoms with van der Waals surface area (Å²) in [7, 11) is 3.11. The van der Waals surface area contributed by atoms with Gasteiger partial charge in [-0.1, -0.05) is 0 Å². The van der Waals surface area contributed by atoms with Gasteiger partial charge in [0.15, 0.2) is 18.3 Å². The zero-order chi connectivity index (χ0) is 15.1. The lowest BCUT2D eigenvalue weighted by Crippen LogP contribution is -2.31. The molecular formula is C14H20INO4. The molecule has 0 aromatic heterocycles. The van der Waals surface area contributed by atoms with E-state index < -0.39 is 0 Å². The van der Waals surface area contributed by atoms with Gasteiger partial charge in [0.2, 0.25) is 0 Å². The van der Waals surface area contributed by atoms with E-state index in [-0.39, 0.29) is 12.7 Å². The number of hydrogen-bond acceptors (Lipinski definition) is 4. The third-order valence-electron chi connectivity index (χ3n) is 2.88. The van der Waals surface area contributed by atoms with Gasteiger partial charge in [0.25, 0.3) is 5.91 Å². The van der Waals surface area contributed by atoms with E-state index in [9.17, 15) is 4.79 Å². The number of ether oxygens (including phenoxy) is 3. The van der Waals surface area contributed by atoms with Gasteiger partial charge < -0.3 is 19.1 Å². The maximum absolute atomic E-state index is 12.4. The molecule has 0 atom stereocenters. The SMILES string of the molecule is CCN(CC)C(=O)c1ccc(OCOC)c(OC)c1I. The molecule has 0 bridgehead atoms. The Balaban J connectivity index is 3.14. The lowest BCUT2D eigenvalue weighted by molar-refractivity contribution is 0.0490. The van der Waals surface area contributed by atoms with Crippen LogP contribution in [0.2, 0.25) is 0 Å². The molecule has 0 fully saturated rings. The standard InChI is InChI=1S/C14H20INO4/c1-5-16(6-2)14(17)10-7-8-11(20-9-18-3)13(19-4)12(10)15/h7-8H,5-6,9H2,1-4H3. The molecule has 0 aliphatic carbocycles. The van der Waals surface area contributed by atoms with Crippen LogP contribution < -0.4 is 9.47 Å². The molecule has 1 amide bonds. The Kier molecular flexibility index (Phi) is 7.08. The van der Waals surface area contributed by atoms with Gasteiger partial charge in [-0.15, -0.1) is 0 Å². The Labute approximate surface area is 133 Å². The fourth-order valence-corrected chi connectivity index (χ4v) is 2.71. The summed E-state index contributed by atoms with van der Waals surface area (Å²) in [5.41, 5.74) is 0.621. The van der Waals surface area contributed by atoms with E-state index in [4.69, 9.17) is 14.2 Å². The molecule has 1 aromatic carbocycles. The third-order valence-corrected chi connectivity index (χ3v) is 3.95. The van der Waals surface area contributed by atoms with E-state index in [1.54, 1.807) is 31.3 Å². The Morgan fingerprint density at radius 1 is 1.25 bits per heavy atom. The molecular weight excluding hydrogens is 373 g/mol. The first-order valence-electron chi connectivity index (χ1n) is 6.38. The lowest BCUT2D eigenvalue weighted by Gasteiger charge is -2.21. The van der Waals surface area contributed by atoms with E-state index in [1.165, 1.54) is 0 Å². The van der Waals surface area contributed by atoms with Crippen LogP contribution in [0.25, 0.3) is 0 Å². The van der Waals surface area contributed by atoms with Crippen molar-refractivity contribution in [1.29, 1.82) is 0 Å². The second kappa shape index (κ2) is 8.31. The smallest absolute Gasteiger partial charge is 0.255 e. The van der Waals surface area contributed by atoms with Crippen molar-refractivity contribution in [2.24, 2.45) is 0 Å². The molecule has 0 saturated carbocycles. The van der Waals surface area contributed by atoms with Crippen LogP contribution in [-0.4, -0.2) is 44.9 Å². The highest BCUT2D eigenvalue weighted by Gasteiger charge is 2.20. The number of benzene rings is 1. The van der Waals surface area contributed by atoms with E-state index in [0.717, 1.165) is 3.57 Å². The summed E-state index contributed by atoms with van der Waals surface area (Å²) in [5, 5.41) is 0. The van der Waals surface area contributed by atoms with Crippen molar-refractivity contribution in [2.75, 3.05) is 34.1 Å². The van der Waals surface area contributed by atoms with Gasteiger partial charge in [0, 0.05) is 20.2 Å². The zero-order valence-electron chi connectivity index (χ0n) is 12.2. The summed E-state index contributed by atoms with van der Waals surface area (Å²) in [5.74, 6) is 1.12. The summed E-state index contributed by atoms with van der Waals surface area (Å²) in [4.78, 5) is 14.2. The van der Waals surface area contributed by atoms with E-state index >= 15 is 0 Å². The van der Waals surface area contributed by atoms with Crippen LogP contribution in [0.4, 0.5) is 0 Å². The fourth-order valence-electron chi connectivity index (χ4n) is 1.81. The van der Waals surface area contributed by atoms with Gasteiger partial charge in [-0.2, -0.15) is 0 Å². The lowest BCUT2D eigenvalue weighted by atomic mass is 10.1. The summed E-state index contributed by atoms with van der Waals surface area (Å²) in [6, 6.07) is 3.49. The zero-order valence-corrected chi connectivity index (χ0v) is 14.4. The predicted octanol–water partition coefficient (Wildman–Crippen LogP) is 2.76. The van der Waals surface area contributed by atoms with Crippen LogP contribution >= 0.6 is 22.6 Å². The number of hydrogen-bond donors (Lipinski definition) is 0. The predicted molar refractivity (Wildman–Crippen MR) is 85.5 cm³/mol. The highest BCUT2D eigenvalue weighted by Crippen LogP contribution is 2.35. The first kappa shape index (κ1) is 17.0. The average molecular weight is 393 g/mol. The molecule has 0 spiro atoms. The number of methoxy groups -OCH3 is 2. The minimum absolute atomic E-state index is 0.00371. The van der Waals surface area contributed by atoms with Gasteiger partial charge in [0.05, 0.1) is 16.2 Å². The molecule has 0 unspecified atom stereocenters. The summed E-state index contributed by atoms with van der Waals surface area (Å²) in [6.45, 7) is 5.41. The van der Waals surface area contributed by atoms with Gasteiger partial charge in [-0.05, 0) is 48.6 Å². The minimum Gasteiger partial charge on any atom is -0.492 e. The summed E-state index contributed by atoms with van der Waals surface area (Å²) < 4.78 is 16.4. The van der Waals surface area contributed by atoms with Crippen molar-refractivity contribution in [3.8, 4) is 11.5 Å². The number of carbonyl (C=O) groups excluding carboxylic acids is 1. The van der Waals surface area contributed by atoms with Crippen molar-refractivity contribution < 1.29 is 19.0 Å². The average Bonchev–Trinajstić information content (AvgIpc) is 2.46. The Hall–Kier alpha value is -1.02.